The van der Waals surface area contributed by atoms with Gasteiger partial charge in [0, 0.05) is 25.2 Å². The van der Waals surface area contributed by atoms with Gasteiger partial charge in [0.15, 0.2) is 0 Å². The molecule has 1 aromatic rings. The van der Waals surface area contributed by atoms with E-state index in [0.717, 1.165) is 32.2 Å². The summed E-state index contributed by atoms with van der Waals surface area (Å²) in [5, 5.41) is 6.10. The van der Waals surface area contributed by atoms with E-state index < -0.39 is 15.9 Å². The summed E-state index contributed by atoms with van der Waals surface area (Å²) in [6.45, 7) is 2.10. The van der Waals surface area contributed by atoms with Gasteiger partial charge >= 0.3 is 0 Å². The normalized spacial score (nSPS) is 23.0. The average Bonchev–Trinajstić information content (AvgIpc) is 3.21. The van der Waals surface area contributed by atoms with Gasteiger partial charge in [0.05, 0.1) is 10.9 Å². The molecule has 2 saturated heterocycles. The van der Waals surface area contributed by atoms with Crippen LogP contribution in [0.25, 0.3) is 0 Å². The molecular formula is C18H27ClN4O4S. The molecule has 2 atom stereocenters. The molecule has 2 unspecified atom stereocenters. The van der Waals surface area contributed by atoms with Crippen molar-refractivity contribution in [3.63, 3.8) is 0 Å². The van der Waals surface area contributed by atoms with Gasteiger partial charge in [0.2, 0.25) is 21.8 Å². The van der Waals surface area contributed by atoms with E-state index in [2.05, 4.69) is 10.6 Å². The first-order chi connectivity index (χ1) is 12.9. The minimum absolute atomic E-state index is 0. The van der Waals surface area contributed by atoms with Crippen molar-refractivity contribution in [3.05, 3.63) is 29.8 Å². The summed E-state index contributed by atoms with van der Waals surface area (Å²) < 4.78 is 27.3. The molecule has 2 amide bonds. The average molecular weight is 431 g/mol. The molecule has 0 aliphatic carbocycles. The fraction of sp³-hybridized carbons (Fsp3) is 0.556. The molecule has 0 aromatic heterocycles. The standard InChI is InChI=1S/C18H26N4O4S.ClH/c19-17(23)14-5-1-6-15(10-14)27(25,26)22-9-3-4-13(12-22)11-21-18(24)16-7-2-8-20-16;/h1,5-6,10,13,16,20H,2-4,7-9,11-12H2,(H2,19,23)(H,21,24);1H. The molecule has 1 aromatic carbocycles. The van der Waals surface area contributed by atoms with Crippen LogP contribution < -0.4 is 16.4 Å². The van der Waals surface area contributed by atoms with E-state index in [1.807, 2.05) is 0 Å². The van der Waals surface area contributed by atoms with Crippen molar-refractivity contribution in [1.29, 1.82) is 0 Å². The molecule has 4 N–H and O–H groups in total. The van der Waals surface area contributed by atoms with Crippen LogP contribution >= 0.6 is 12.4 Å². The maximum absolute atomic E-state index is 12.9. The molecule has 0 spiro atoms. The van der Waals surface area contributed by atoms with Crippen LogP contribution in [0.3, 0.4) is 0 Å². The minimum Gasteiger partial charge on any atom is -0.366 e. The molecule has 2 aliphatic rings. The Kier molecular flexibility index (Phi) is 7.82. The van der Waals surface area contributed by atoms with E-state index in [1.165, 1.54) is 28.6 Å². The smallest absolute Gasteiger partial charge is 0.248 e. The summed E-state index contributed by atoms with van der Waals surface area (Å²) in [5.74, 6) is -0.605. The number of hydrogen-bond donors (Lipinski definition) is 3. The van der Waals surface area contributed by atoms with Gasteiger partial charge in [0.25, 0.3) is 0 Å². The molecule has 3 rings (SSSR count). The van der Waals surface area contributed by atoms with Crippen molar-refractivity contribution in [3.8, 4) is 0 Å². The number of amides is 2. The maximum Gasteiger partial charge on any atom is 0.248 e. The fourth-order valence-electron chi connectivity index (χ4n) is 3.65. The lowest BCUT2D eigenvalue weighted by Crippen LogP contribution is -2.46. The van der Waals surface area contributed by atoms with Gasteiger partial charge < -0.3 is 16.4 Å². The van der Waals surface area contributed by atoms with E-state index in [4.69, 9.17) is 5.73 Å². The number of sulfonamides is 1. The number of carbonyl (C=O) groups excluding carboxylic acids is 2. The van der Waals surface area contributed by atoms with Crippen LogP contribution in [0.1, 0.15) is 36.0 Å². The van der Waals surface area contributed by atoms with Gasteiger partial charge in [-0.15, -0.1) is 12.4 Å². The zero-order chi connectivity index (χ0) is 19.4. The van der Waals surface area contributed by atoms with Crippen LogP contribution in [-0.4, -0.2) is 56.8 Å². The summed E-state index contributed by atoms with van der Waals surface area (Å²) in [5.41, 5.74) is 5.42. The monoisotopic (exact) mass is 430 g/mol. The summed E-state index contributed by atoms with van der Waals surface area (Å²) in [4.78, 5) is 23.5. The van der Waals surface area contributed by atoms with Gasteiger partial charge in [-0.2, -0.15) is 4.31 Å². The van der Waals surface area contributed by atoms with Crippen LogP contribution in [-0.2, 0) is 14.8 Å². The summed E-state index contributed by atoms with van der Waals surface area (Å²) in [7, 11) is -3.70. The van der Waals surface area contributed by atoms with Crippen molar-refractivity contribution in [2.75, 3.05) is 26.2 Å². The summed E-state index contributed by atoms with van der Waals surface area (Å²) >= 11 is 0. The molecule has 156 valence electrons. The Morgan fingerprint density at radius 1 is 1.25 bits per heavy atom. The van der Waals surface area contributed by atoms with Crippen LogP contribution in [0, 0.1) is 5.92 Å². The highest BCUT2D eigenvalue weighted by Crippen LogP contribution is 2.24. The lowest BCUT2D eigenvalue weighted by Gasteiger charge is -2.32. The molecule has 0 saturated carbocycles. The maximum atomic E-state index is 12.9. The highest BCUT2D eigenvalue weighted by atomic mass is 35.5. The van der Waals surface area contributed by atoms with E-state index in [0.29, 0.717) is 19.6 Å². The second-order valence-electron chi connectivity index (χ2n) is 7.16. The van der Waals surface area contributed by atoms with Crippen LogP contribution in [0.15, 0.2) is 29.2 Å². The first-order valence-electron chi connectivity index (χ1n) is 9.29. The Balaban J connectivity index is 0.00000280. The van der Waals surface area contributed by atoms with Crippen molar-refractivity contribution in [2.24, 2.45) is 11.7 Å². The molecule has 0 radical (unpaired) electrons. The predicted octanol–water partition coefficient (Wildman–Crippen LogP) is 0.476. The SMILES string of the molecule is Cl.NC(=O)c1cccc(S(=O)(=O)N2CCCC(CNC(=O)C3CCCN3)C2)c1. The first kappa shape index (κ1) is 22.6. The van der Waals surface area contributed by atoms with Crippen molar-refractivity contribution >= 4 is 34.2 Å². The Bertz CT molecular complexity index is 812. The lowest BCUT2D eigenvalue weighted by atomic mass is 9.99. The molecule has 28 heavy (non-hydrogen) atoms. The highest BCUT2D eigenvalue weighted by molar-refractivity contribution is 7.89. The van der Waals surface area contributed by atoms with Gasteiger partial charge in [0.1, 0.15) is 0 Å². The van der Waals surface area contributed by atoms with Gasteiger partial charge in [-0.05, 0) is 56.3 Å². The van der Waals surface area contributed by atoms with Crippen LogP contribution in [0.2, 0.25) is 0 Å². The number of halogens is 1. The van der Waals surface area contributed by atoms with Gasteiger partial charge in [-0.3, -0.25) is 9.59 Å². The van der Waals surface area contributed by atoms with Crippen LogP contribution in [0.5, 0.6) is 0 Å². The zero-order valence-electron chi connectivity index (χ0n) is 15.6. The number of piperidine rings is 1. The number of hydrogen-bond acceptors (Lipinski definition) is 5. The third-order valence-corrected chi connectivity index (χ3v) is 7.04. The molecule has 10 heteroatoms. The third kappa shape index (κ3) is 5.22. The van der Waals surface area contributed by atoms with E-state index in [9.17, 15) is 18.0 Å². The number of primary amides is 1. The number of rotatable bonds is 6. The van der Waals surface area contributed by atoms with E-state index in [1.54, 1.807) is 0 Å². The van der Waals surface area contributed by atoms with Gasteiger partial charge in [-0.25, -0.2) is 8.42 Å². The first-order valence-corrected chi connectivity index (χ1v) is 10.7. The second kappa shape index (κ2) is 9.69. The van der Waals surface area contributed by atoms with Gasteiger partial charge in [-0.1, -0.05) is 6.07 Å². The predicted molar refractivity (Wildman–Crippen MR) is 108 cm³/mol. The van der Waals surface area contributed by atoms with E-state index in [-0.39, 0.29) is 40.7 Å². The number of benzene rings is 1. The molecule has 8 nitrogen and oxygen atoms in total. The quantitative estimate of drug-likeness (QED) is 0.605. The number of nitrogens with zero attached hydrogens (tertiary/aromatic N) is 1. The fourth-order valence-corrected chi connectivity index (χ4v) is 5.25. The molecule has 2 fully saturated rings. The molecule has 0 bridgehead atoms. The summed E-state index contributed by atoms with van der Waals surface area (Å²) in [6.07, 6.45) is 3.44. The number of carbonyl (C=O) groups is 2. The number of nitrogens with two attached hydrogens (primary N) is 1. The Hall–Kier alpha value is -1.68. The Morgan fingerprint density at radius 3 is 2.71 bits per heavy atom. The summed E-state index contributed by atoms with van der Waals surface area (Å²) in [6, 6.07) is 5.66. The molecule has 2 heterocycles. The molecule has 2 aliphatic heterocycles. The molecular weight excluding hydrogens is 404 g/mol. The number of nitrogens with one attached hydrogen (secondary N) is 2. The Labute approximate surface area is 171 Å². The van der Waals surface area contributed by atoms with E-state index >= 15 is 0 Å². The van der Waals surface area contributed by atoms with Crippen molar-refractivity contribution in [1.82, 2.24) is 14.9 Å². The lowest BCUT2D eigenvalue weighted by molar-refractivity contribution is -0.123. The zero-order valence-corrected chi connectivity index (χ0v) is 17.2. The topological polar surface area (TPSA) is 122 Å². The Morgan fingerprint density at radius 2 is 2.04 bits per heavy atom. The largest absolute Gasteiger partial charge is 0.366 e. The van der Waals surface area contributed by atoms with Crippen LogP contribution in [0.4, 0.5) is 0 Å². The second-order valence-corrected chi connectivity index (χ2v) is 9.10. The van der Waals surface area contributed by atoms with Crippen molar-refractivity contribution in [2.45, 2.75) is 36.6 Å². The third-order valence-electron chi connectivity index (χ3n) is 5.18. The van der Waals surface area contributed by atoms with Crippen molar-refractivity contribution < 1.29 is 18.0 Å². The minimum atomic E-state index is -3.70. The highest BCUT2D eigenvalue weighted by Gasteiger charge is 2.31.